The van der Waals surface area contributed by atoms with Gasteiger partial charge in [0.05, 0.1) is 0 Å². The van der Waals surface area contributed by atoms with E-state index in [-0.39, 0.29) is 23.9 Å². The zero-order chi connectivity index (χ0) is 14.8. The van der Waals surface area contributed by atoms with E-state index in [1.165, 1.54) is 19.3 Å². The third-order valence-corrected chi connectivity index (χ3v) is 5.21. The summed E-state index contributed by atoms with van der Waals surface area (Å²) in [6.45, 7) is 5.98. The summed E-state index contributed by atoms with van der Waals surface area (Å²) in [4.78, 5) is 27.4. The van der Waals surface area contributed by atoms with Crippen LogP contribution in [-0.2, 0) is 9.59 Å². The van der Waals surface area contributed by atoms with E-state index in [0.717, 1.165) is 12.8 Å². The monoisotopic (exact) mass is 280 g/mol. The molecule has 1 unspecified atom stereocenters. The average molecular weight is 280 g/mol. The Hall–Kier alpha value is -1.06. The van der Waals surface area contributed by atoms with Gasteiger partial charge in [0.2, 0.25) is 11.8 Å². The lowest BCUT2D eigenvalue weighted by atomic mass is 9.83. The largest absolute Gasteiger partial charge is 0.340 e. The van der Waals surface area contributed by atoms with Crippen molar-refractivity contribution in [3.8, 4) is 0 Å². The summed E-state index contributed by atoms with van der Waals surface area (Å²) in [6, 6.07) is 0.00144. The third-order valence-electron chi connectivity index (χ3n) is 5.21. The molecular formula is C16H28N2O2. The van der Waals surface area contributed by atoms with Gasteiger partial charge in [-0.2, -0.15) is 0 Å². The van der Waals surface area contributed by atoms with Crippen LogP contribution in [0.4, 0.5) is 0 Å². The van der Waals surface area contributed by atoms with Crippen molar-refractivity contribution >= 4 is 11.8 Å². The topological polar surface area (TPSA) is 49.4 Å². The van der Waals surface area contributed by atoms with Crippen LogP contribution in [0.5, 0.6) is 0 Å². The SMILES string of the molecule is CCC1C(=O)NC(CC)(CC)C(=O)N1C1CCCCC1. The normalized spacial score (nSPS) is 27.6. The van der Waals surface area contributed by atoms with Crippen molar-refractivity contribution in [2.45, 2.75) is 89.8 Å². The lowest BCUT2D eigenvalue weighted by Crippen LogP contribution is -2.71. The first kappa shape index (κ1) is 15.3. The lowest BCUT2D eigenvalue weighted by molar-refractivity contribution is -0.159. The molecule has 2 aliphatic rings. The zero-order valence-electron chi connectivity index (χ0n) is 13.1. The summed E-state index contributed by atoms with van der Waals surface area (Å²) in [5.41, 5.74) is -0.666. The Morgan fingerprint density at radius 1 is 1.10 bits per heavy atom. The maximum Gasteiger partial charge on any atom is 0.249 e. The molecule has 2 amide bonds. The van der Waals surface area contributed by atoms with Crippen LogP contribution in [0.25, 0.3) is 0 Å². The number of hydrogen-bond acceptors (Lipinski definition) is 2. The third kappa shape index (κ3) is 2.45. The smallest absolute Gasteiger partial charge is 0.249 e. The van der Waals surface area contributed by atoms with Crippen LogP contribution in [-0.4, -0.2) is 34.3 Å². The molecule has 1 atom stereocenters. The van der Waals surface area contributed by atoms with Gasteiger partial charge in [0.25, 0.3) is 0 Å². The summed E-state index contributed by atoms with van der Waals surface area (Å²) in [5.74, 6) is 0.197. The predicted molar refractivity (Wildman–Crippen MR) is 79.3 cm³/mol. The minimum atomic E-state index is -0.666. The van der Waals surface area contributed by atoms with E-state index in [4.69, 9.17) is 0 Å². The fraction of sp³-hybridized carbons (Fsp3) is 0.875. The van der Waals surface area contributed by atoms with Gasteiger partial charge in [-0.1, -0.05) is 40.0 Å². The van der Waals surface area contributed by atoms with Crippen LogP contribution in [0, 0.1) is 0 Å². The summed E-state index contributed by atoms with van der Waals surface area (Å²) >= 11 is 0. The van der Waals surface area contributed by atoms with Gasteiger partial charge in [0, 0.05) is 6.04 Å². The molecule has 1 aliphatic carbocycles. The highest BCUT2D eigenvalue weighted by Gasteiger charge is 2.50. The Balaban J connectivity index is 2.31. The molecule has 4 nitrogen and oxygen atoms in total. The van der Waals surface area contributed by atoms with E-state index in [9.17, 15) is 9.59 Å². The lowest BCUT2D eigenvalue weighted by Gasteiger charge is -2.49. The van der Waals surface area contributed by atoms with Crippen LogP contribution in [0.3, 0.4) is 0 Å². The molecule has 0 bridgehead atoms. The Labute approximate surface area is 122 Å². The number of nitrogens with one attached hydrogen (secondary N) is 1. The summed E-state index contributed by atoms with van der Waals surface area (Å²) in [5, 5.41) is 3.02. The van der Waals surface area contributed by atoms with E-state index in [1.807, 2.05) is 25.7 Å². The maximum atomic E-state index is 13.0. The minimum absolute atomic E-state index is 0.0429. The Morgan fingerprint density at radius 2 is 1.70 bits per heavy atom. The molecule has 2 fully saturated rings. The van der Waals surface area contributed by atoms with Crippen molar-refractivity contribution in [1.82, 2.24) is 10.2 Å². The quantitative estimate of drug-likeness (QED) is 0.860. The van der Waals surface area contributed by atoms with Crippen LogP contribution >= 0.6 is 0 Å². The molecule has 20 heavy (non-hydrogen) atoms. The van der Waals surface area contributed by atoms with Gasteiger partial charge in [-0.15, -0.1) is 0 Å². The van der Waals surface area contributed by atoms with Crippen molar-refractivity contribution in [3.05, 3.63) is 0 Å². The standard InChI is InChI=1S/C16H28N2O2/c1-4-13-14(19)17-16(5-2,6-3)15(20)18(13)12-10-8-7-9-11-12/h12-13H,4-11H2,1-3H3,(H,17,19). The van der Waals surface area contributed by atoms with Crippen molar-refractivity contribution in [2.75, 3.05) is 0 Å². The fourth-order valence-electron chi connectivity index (χ4n) is 3.78. The van der Waals surface area contributed by atoms with E-state index >= 15 is 0 Å². The van der Waals surface area contributed by atoms with Gasteiger partial charge in [0.1, 0.15) is 11.6 Å². The molecule has 0 aromatic carbocycles. The number of carbonyl (C=O) groups excluding carboxylic acids is 2. The molecule has 0 spiro atoms. The first-order valence-electron chi connectivity index (χ1n) is 8.24. The Morgan fingerprint density at radius 3 is 2.20 bits per heavy atom. The summed E-state index contributed by atoms with van der Waals surface area (Å²) in [7, 11) is 0. The second kappa shape index (κ2) is 6.15. The maximum absolute atomic E-state index is 13.0. The molecule has 0 aromatic heterocycles. The molecule has 114 valence electrons. The Bertz CT molecular complexity index is 371. The van der Waals surface area contributed by atoms with Crippen LogP contribution in [0.15, 0.2) is 0 Å². The second-order valence-corrected chi connectivity index (χ2v) is 6.21. The number of nitrogens with zero attached hydrogens (tertiary/aromatic N) is 1. The van der Waals surface area contributed by atoms with Crippen molar-refractivity contribution in [1.29, 1.82) is 0 Å². The van der Waals surface area contributed by atoms with Gasteiger partial charge in [-0.25, -0.2) is 0 Å². The van der Waals surface area contributed by atoms with Gasteiger partial charge < -0.3 is 10.2 Å². The first-order chi connectivity index (χ1) is 9.59. The molecule has 1 aliphatic heterocycles. The van der Waals surface area contributed by atoms with Crippen LogP contribution in [0.1, 0.15) is 72.1 Å². The molecule has 1 saturated heterocycles. The number of rotatable bonds is 4. The average Bonchev–Trinajstić information content (AvgIpc) is 2.49. The second-order valence-electron chi connectivity index (χ2n) is 6.21. The van der Waals surface area contributed by atoms with Crippen LogP contribution < -0.4 is 5.32 Å². The number of amides is 2. The highest BCUT2D eigenvalue weighted by molar-refractivity contribution is 6.00. The summed E-state index contributed by atoms with van der Waals surface area (Å²) in [6.07, 6.45) is 7.78. The van der Waals surface area contributed by atoms with E-state index in [0.29, 0.717) is 19.3 Å². The number of hydrogen-bond donors (Lipinski definition) is 1. The Kier molecular flexibility index (Phi) is 4.71. The zero-order valence-corrected chi connectivity index (χ0v) is 13.1. The molecule has 0 radical (unpaired) electrons. The van der Waals surface area contributed by atoms with E-state index in [2.05, 4.69) is 5.32 Å². The minimum Gasteiger partial charge on any atom is -0.340 e. The van der Waals surface area contributed by atoms with Gasteiger partial charge in [-0.05, 0) is 32.1 Å². The molecule has 2 rings (SSSR count). The van der Waals surface area contributed by atoms with Crippen LogP contribution in [0.2, 0.25) is 0 Å². The first-order valence-corrected chi connectivity index (χ1v) is 8.24. The van der Waals surface area contributed by atoms with Gasteiger partial charge in [0.15, 0.2) is 0 Å². The van der Waals surface area contributed by atoms with Crippen molar-refractivity contribution in [2.24, 2.45) is 0 Å². The molecule has 1 heterocycles. The highest BCUT2D eigenvalue weighted by atomic mass is 16.2. The van der Waals surface area contributed by atoms with E-state index < -0.39 is 5.54 Å². The van der Waals surface area contributed by atoms with Crippen molar-refractivity contribution in [3.63, 3.8) is 0 Å². The summed E-state index contributed by atoms with van der Waals surface area (Å²) < 4.78 is 0. The van der Waals surface area contributed by atoms with Gasteiger partial charge >= 0.3 is 0 Å². The molecular weight excluding hydrogens is 252 g/mol. The van der Waals surface area contributed by atoms with Crippen molar-refractivity contribution < 1.29 is 9.59 Å². The molecule has 0 aromatic rings. The predicted octanol–water partition coefficient (Wildman–Crippen LogP) is 2.61. The fourth-order valence-corrected chi connectivity index (χ4v) is 3.78. The van der Waals surface area contributed by atoms with Gasteiger partial charge in [-0.3, -0.25) is 9.59 Å². The molecule has 4 heteroatoms. The van der Waals surface area contributed by atoms with E-state index in [1.54, 1.807) is 0 Å². The number of piperazine rings is 1. The highest BCUT2D eigenvalue weighted by Crippen LogP contribution is 2.32. The molecule has 1 N–H and O–H groups in total. The number of carbonyl (C=O) groups is 2. The molecule has 1 saturated carbocycles.